The maximum Gasteiger partial charge on any atom is 0.333 e. The zero-order valence-corrected chi connectivity index (χ0v) is 12.3. The summed E-state index contributed by atoms with van der Waals surface area (Å²) in [6.45, 7) is 3.30. The van der Waals surface area contributed by atoms with Gasteiger partial charge in [-0.05, 0) is 32.0 Å². The van der Waals surface area contributed by atoms with Crippen LogP contribution in [0.25, 0.3) is 0 Å². The second kappa shape index (κ2) is 5.88. The van der Waals surface area contributed by atoms with E-state index in [1.54, 1.807) is 50.2 Å². The first-order valence-corrected chi connectivity index (χ1v) is 7.56. The van der Waals surface area contributed by atoms with E-state index >= 15 is 0 Å². The van der Waals surface area contributed by atoms with Crippen LogP contribution in [0.2, 0.25) is 0 Å². The van der Waals surface area contributed by atoms with Gasteiger partial charge in [-0.3, -0.25) is 0 Å². The molecule has 0 radical (unpaired) electrons. The SMILES string of the molecule is Cc1cc(C)nc(S(=O)(=O)NC(=O)Nc2ccccc2)n1. The van der Waals surface area contributed by atoms with Crippen molar-refractivity contribution in [2.24, 2.45) is 0 Å². The van der Waals surface area contributed by atoms with Gasteiger partial charge in [-0.15, -0.1) is 0 Å². The van der Waals surface area contributed by atoms with Crippen LogP contribution in [0.5, 0.6) is 0 Å². The Morgan fingerprint density at radius 3 is 2.19 bits per heavy atom. The smallest absolute Gasteiger partial charge is 0.307 e. The highest BCUT2D eigenvalue weighted by molar-refractivity contribution is 7.89. The lowest BCUT2D eigenvalue weighted by molar-refractivity contribution is 0.256. The number of anilines is 1. The zero-order valence-electron chi connectivity index (χ0n) is 11.5. The third-order valence-corrected chi connectivity index (χ3v) is 3.58. The van der Waals surface area contributed by atoms with Crippen LogP contribution in [0.3, 0.4) is 0 Å². The number of nitrogens with zero attached hydrogens (tertiary/aromatic N) is 2. The van der Waals surface area contributed by atoms with Crippen LogP contribution in [0.4, 0.5) is 10.5 Å². The third kappa shape index (κ3) is 3.99. The minimum absolute atomic E-state index is 0.428. The fraction of sp³-hybridized carbons (Fsp3) is 0.154. The van der Waals surface area contributed by atoms with Crippen LogP contribution in [-0.4, -0.2) is 24.4 Å². The number of benzene rings is 1. The Hall–Kier alpha value is -2.48. The summed E-state index contributed by atoms with van der Waals surface area (Å²) in [5.41, 5.74) is 1.49. The molecule has 7 nitrogen and oxygen atoms in total. The monoisotopic (exact) mass is 306 g/mol. The maximum atomic E-state index is 12.0. The molecule has 1 aromatic heterocycles. The van der Waals surface area contributed by atoms with Crippen LogP contribution >= 0.6 is 0 Å². The van der Waals surface area contributed by atoms with Crippen LogP contribution in [-0.2, 0) is 10.0 Å². The number of sulfonamides is 1. The van der Waals surface area contributed by atoms with Gasteiger partial charge >= 0.3 is 16.1 Å². The molecule has 0 aliphatic heterocycles. The molecule has 0 atom stereocenters. The highest BCUT2D eigenvalue weighted by Gasteiger charge is 2.21. The number of para-hydroxylation sites is 1. The van der Waals surface area contributed by atoms with Gasteiger partial charge in [0.05, 0.1) is 0 Å². The van der Waals surface area contributed by atoms with Gasteiger partial charge in [-0.2, -0.15) is 8.42 Å². The molecule has 0 aliphatic rings. The van der Waals surface area contributed by atoms with Crippen LogP contribution < -0.4 is 10.0 Å². The number of rotatable bonds is 3. The van der Waals surface area contributed by atoms with Gasteiger partial charge in [0.1, 0.15) is 0 Å². The first kappa shape index (κ1) is 14.9. The summed E-state index contributed by atoms with van der Waals surface area (Å²) in [4.78, 5) is 19.4. The summed E-state index contributed by atoms with van der Waals surface area (Å²) < 4.78 is 26.0. The minimum Gasteiger partial charge on any atom is -0.307 e. The van der Waals surface area contributed by atoms with Crippen LogP contribution in [0.1, 0.15) is 11.4 Å². The van der Waals surface area contributed by atoms with E-state index in [0.29, 0.717) is 17.1 Å². The van der Waals surface area contributed by atoms with Crippen molar-refractivity contribution in [3.8, 4) is 0 Å². The first-order chi connectivity index (χ1) is 9.87. The predicted molar refractivity (Wildman–Crippen MR) is 77.3 cm³/mol. The van der Waals surface area contributed by atoms with E-state index in [9.17, 15) is 13.2 Å². The van der Waals surface area contributed by atoms with E-state index < -0.39 is 21.2 Å². The molecule has 1 aromatic carbocycles. The molecule has 0 unspecified atom stereocenters. The second-order valence-electron chi connectivity index (χ2n) is 4.36. The zero-order chi connectivity index (χ0) is 15.5. The molecular formula is C13H14N4O3S. The molecule has 0 fully saturated rings. The number of hydrogen-bond acceptors (Lipinski definition) is 5. The molecule has 0 bridgehead atoms. The minimum atomic E-state index is -4.11. The fourth-order valence-electron chi connectivity index (χ4n) is 1.66. The van der Waals surface area contributed by atoms with Crippen molar-refractivity contribution in [2.75, 3.05) is 5.32 Å². The van der Waals surface area contributed by atoms with E-state index in [4.69, 9.17) is 0 Å². The Balaban J connectivity index is 2.15. The fourth-order valence-corrected chi connectivity index (χ4v) is 2.57. The van der Waals surface area contributed by atoms with E-state index in [1.165, 1.54) is 0 Å². The lowest BCUT2D eigenvalue weighted by Gasteiger charge is -2.08. The highest BCUT2D eigenvalue weighted by atomic mass is 32.2. The quantitative estimate of drug-likeness (QED) is 0.839. The van der Waals surface area contributed by atoms with Crippen molar-refractivity contribution in [3.05, 3.63) is 47.8 Å². The molecule has 0 saturated heterocycles. The van der Waals surface area contributed by atoms with Crippen molar-refractivity contribution in [3.63, 3.8) is 0 Å². The number of amides is 2. The molecule has 2 rings (SSSR count). The van der Waals surface area contributed by atoms with Crippen molar-refractivity contribution < 1.29 is 13.2 Å². The summed E-state index contributed by atoms with van der Waals surface area (Å²) in [6.07, 6.45) is 0. The number of aryl methyl sites for hydroxylation is 2. The average Bonchev–Trinajstić information content (AvgIpc) is 2.37. The van der Waals surface area contributed by atoms with Gasteiger partial charge < -0.3 is 5.32 Å². The first-order valence-electron chi connectivity index (χ1n) is 6.08. The number of carbonyl (C=O) groups is 1. The van der Waals surface area contributed by atoms with Gasteiger partial charge in [0.15, 0.2) is 0 Å². The average molecular weight is 306 g/mol. The Labute approximate surface area is 122 Å². The number of urea groups is 1. The van der Waals surface area contributed by atoms with Gasteiger partial charge in [0.25, 0.3) is 5.16 Å². The van der Waals surface area contributed by atoms with Gasteiger partial charge in [-0.1, -0.05) is 18.2 Å². The molecular weight excluding hydrogens is 292 g/mol. The summed E-state index contributed by atoms with van der Waals surface area (Å²) in [6, 6.07) is 9.27. The van der Waals surface area contributed by atoms with Gasteiger partial charge in [0.2, 0.25) is 0 Å². The predicted octanol–water partition coefficient (Wildman–Crippen LogP) is 1.60. The van der Waals surface area contributed by atoms with Crippen molar-refractivity contribution in [1.29, 1.82) is 0 Å². The van der Waals surface area contributed by atoms with E-state index in [0.717, 1.165) is 0 Å². The summed E-state index contributed by atoms with van der Waals surface area (Å²) in [5.74, 6) is 0. The topological polar surface area (TPSA) is 101 Å². The van der Waals surface area contributed by atoms with Gasteiger partial charge in [0, 0.05) is 17.1 Å². The summed E-state index contributed by atoms with van der Waals surface area (Å²) in [5, 5.41) is 1.98. The lowest BCUT2D eigenvalue weighted by Crippen LogP contribution is -2.35. The molecule has 1 heterocycles. The lowest BCUT2D eigenvalue weighted by atomic mass is 10.3. The molecule has 8 heteroatoms. The van der Waals surface area contributed by atoms with Crippen molar-refractivity contribution in [2.45, 2.75) is 19.0 Å². The highest BCUT2D eigenvalue weighted by Crippen LogP contribution is 2.07. The Morgan fingerprint density at radius 1 is 1.05 bits per heavy atom. The number of hydrogen-bond donors (Lipinski definition) is 2. The number of carbonyl (C=O) groups excluding carboxylic acids is 1. The molecule has 110 valence electrons. The normalized spacial score (nSPS) is 11.0. The van der Waals surface area contributed by atoms with Crippen LogP contribution in [0.15, 0.2) is 41.6 Å². The van der Waals surface area contributed by atoms with E-state index in [1.807, 2.05) is 4.72 Å². The molecule has 2 aromatic rings. The third-order valence-electron chi connectivity index (χ3n) is 2.46. The van der Waals surface area contributed by atoms with Gasteiger partial charge in [-0.25, -0.2) is 19.5 Å². The largest absolute Gasteiger partial charge is 0.333 e. The molecule has 0 spiro atoms. The number of aromatic nitrogens is 2. The maximum absolute atomic E-state index is 12.0. The van der Waals surface area contributed by atoms with E-state index in [-0.39, 0.29) is 0 Å². The molecule has 2 N–H and O–H groups in total. The number of nitrogens with one attached hydrogen (secondary N) is 2. The Bertz CT molecular complexity index is 740. The second-order valence-corrected chi connectivity index (χ2v) is 5.94. The van der Waals surface area contributed by atoms with E-state index in [2.05, 4.69) is 15.3 Å². The molecule has 2 amide bonds. The summed E-state index contributed by atoms with van der Waals surface area (Å²) >= 11 is 0. The molecule has 0 saturated carbocycles. The molecule has 21 heavy (non-hydrogen) atoms. The Morgan fingerprint density at radius 2 is 1.62 bits per heavy atom. The van der Waals surface area contributed by atoms with Crippen molar-refractivity contribution >= 4 is 21.7 Å². The van der Waals surface area contributed by atoms with Crippen molar-refractivity contribution in [1.82, 2.24) is 14.7 Å². The van der Waals surface area contributed by atoms with Crippen LogP contribution in [0, 0.1) is 13.8 Å². The molecule has 0 aliphatic carbocycles. The standard InChI is InChI=1S/C13H14N4O3S/c1-9-8-10(2)15-13(14-9)21(19,20)17-12(18)16-11-6-4-3-5-7-11/h3-8H,1-2H3,(H2,16,17,18). The Kier molecular flexibility index (Phi) is 4.18. The summed E-state index contributed by atoms with van der Waals surface area (Å²) in [7, 11) is -4.11.